The number of rotatable bonds is 4. The van der Waals surface area contributed by atoms with Crippen LogP contribution in [0.3, 0.4) is 0 Å². The second-order valence-corrected chi connectivity index (χ2v) is 5.57. The number of thioether (sulfide) groups is 1. The van der Waals surface area contributed by atoms with Crippen molar-refractivity contribution in [1.82, 2.24) is 5.17 Å². The third-order valence-electron chi connectivity index (χ3n) is 2.94. The minimum Gasteiger partial charge on any atom is -0.361 e. The van der Waals surface area contributed by atoms with E-state index in [4.69, 9.17) is 10.1 Å². The van der Waals surface area contributed by atoms with Crippen LogP contribution >= 0.6 is 11.8 Å². The van der Waals surface area contributed by atoms with Crippen molar-refractivity contribution in [2.24, 2.45) is 5.10 Å². The van der Waals surface area contributed by atoms with Crippen molar-refractivity contribution in [1.29, 1.82) is 5.26 Å². The molecule has 0 bridgehead atoms. The molecule has 0 aromatic heterocycles. The van der Waals surface area contributed by atoms with Crippen LogP contribution in [0, 0.1) is 25.2 Å². The lowest BCUT2D eigenvalue weighted by Crippen LogP contribution is -2.28. The van der Waals surface area contributed by atoms with Gasteiger partial charge >= 0.3 is 0 Å². The van der Waals surface area contributed by atoms with Gasteiger partial charge in [-0.05, 0) is 43.5 Å². The molecule has 4 nitrogen and oxygen atoms in total. The Morgan fingerprint density at radius 2 is 2.11 bits per heavy atom. The predicted octanol–water partition coefficient (Wildman–Crippen LogP) is 3.59. The average molecular weight is 275 g/mol. The van der Waals surface area contributed by atoms with Crippen LogP contribution in [-0.4, -0.2) is 16.1 Å². The van der Waals surface area contributed by atoms with Crippen LogP contribution in [0.5, 0.6) is 5.75 Å². The van der Waals surface area contributed by atoms with Crippen LogP contribution in [-0.2, 0) is 0 Å². The van der Waals surface area contributed by atoms with Gasteiger partial charge in [0, 0.05) is 0 Å². The lowest BCUT2D eigenvalue weighted by atomic mass is 10.1. The highest BCUT2D eigenvalue weighted by Gasteiger charge is 2.24. The second-order valence-electron chi connectivity index (χ2n) is 4.55. The van der Waals surface area contributed by atoms with Gasteiger partial charge in [-0.25, -0.2) is 0 Å². The molecular formula is C14H17N3OS. The largest absolute Gasteiger partial charge is 0.361 e. The summed E-state index contributed by atoms with van der Waals surface area (Å²) in [5.74, 6) is 0.791. The molecule has 0 saturated carbocycles. The van der Waals surface area contributed by atoms with Crippen LogP contribution < -0.4 is 4.84 Å². The van der Waals surface area contributed by atoms with Crippen molar-refractivity contribution in [2.75, 3.05) is 0 Å². The maximum absolute atomic E-state index is 8.95. The summed E-state index contributed by atoms with van der Waals surface area (Å²) in [7, 11) is 0. The highest BCUT2D eigenvalue weighted by Crippen LogP contribution is 2.30. The summed E-state index contributed by atoms with van der Waals surface area (Å²) in [6, 6.07) is 5.83. The van der Waals surface area contributed by atoms with Crippen LogP contribution in [0.2, 0.25) is 0 Å². The highest BCUT2D eigenvalue weighted by atomic mass is 32.2. The standard InChI is InChI=1S/C14H17N3OS/c1-4-5-13-17(16-9-19-13)18-14-10(2)6-12(8-15)7-11(14)3/h6-7,9,13H,4-5H2,1-3H3. The summed E-state index contributed by atoms with van der Waals surface area (Å²) < 4.78 is 0. The first kappa shape index (κ1) is 13.8. The van der Waals surface area contributed by atoms with Crippen molar-refractivity contribution in [2.45, 2.75) is 39.0 Å². The molecule has 100 valence electrons. The molecule has 1 aliphatic rings. The fourth-order valence-corrected chi connectivity index (χ4v) is 2.89. The molecule has 5 heteroatoms. The minimum atomic E-state index is 0.236. The molecule has 1 aromatic rings. The monoisotopic (exact) mass is 275 g/mol. The minimum absolute atomic E-state index is 0.236. The summed E-state index contributed by atoms with van der Waals surface area (Å²) in [6.07, 6.45) is 2.12. The quantitative estimate of drug-likeness (QED) is 0.842. The van der Waals surface area contributed by atoms with Gasteiger partial charge in [0.15, 0.2) is 5.75 Å². The number of aryl methyl sites for hydroxylation is 2. The molecule has 19 heavy (non-hydrogen) atoms. The second kappa shape index (κ2) is 5.98. The predicted molar refractivity (Wildman–Crippen MR) is 77.9 cm³/mol. The van der Waals surface area contributed by atoms with Crippen molar-refractivity contribution < 1.29 is 4.84 Å². The molecule has 1 aliphatic heterocycles. The fraction of sp³-hybridized carbons (Fsp3) is 0.429. The van der Waals surface area contributed by atoms with Crippen molar-refractivity contribution in [3.05, 3.63) is 28.8 Å². The summed E-state index contributed by atoms with van der Waals surface area (Å²) >= 11 is 1.67. The topological polar surface area (TPSA) is 48.6 Å². The van der Waals surface area contributed by atoms with E-state index in [9.17, 15) is 0 Å². The summed E-state index contributed by atoms with van der Waals surface area (Å²) in [6.45, 7) is 6.05. The number of nitrogens with zero attached hydrogens (tertiary/aromatic N) is 3. The first-order chi connectivity index (χ1) is 9.15. The molecule has 0 fully saturated rings. The van der Waals surface area contributed by atoms with Crippen molar-refractivity contribution in [3.63, 3.8) is 0 Å². The van der Waals surface area contributed by atoms with Gasteiger partial charge in [0.05, 0.1) is 17.2 Å². The molecular weight excluding hydrogens is 258 g/mol. The SMILES string of the molecule is CCCC1SC=NN1Oc1c(C)cc(C#N)cc1C. The van der Waals surface area contributed by atoms with Gasteiger partial charge in [0.25, 0.3) is 0 Å². The Morgan fingerprint density at radius 1 is 1.42 bits per heavy atom. The molecule has 0 N–H and O–H groups in total. The summed E-state index contributed by atoms with van der Waals surface area (Å²) in [5.41, 5.74) is 4.39. The average Bonchev–Trinajstić information content (AvgIpc) is 2.81. The number of nitriles is 1. The molecule has 1 aromatic carbocycles. The number of hydrogen-bond donors (Lipinski definition) is 0. The van der Waals surface area contributed by atoms with Gasteiger partial charge in [-0.15, -0.1) is 10.3 Å². The Bertz CT molecular complexity index is 513. The number of hydrazone groups is 1. The molecule has 1 unspecified atom stereocenters. The van der Waals surface area contributed by atoms with Crippen molar-refractivity contribution in [3.8, 4) is 11.8 Å². The van der Waals surface area contributed by atoms with Crippen molar-refractivity contribution >= 4 is 17.3 Å². The third kappa shape index (κ3) is 3.02. The van der Waals surface area contributed by atoms with E-state index >= 15 is 0 Å². The number of hydroxylamine groups is 1. The van der Waals surface area contributed by atoms with E-state index in [1.54, 1.807) is 16.9 Å². The maximum atomic E-state index is 8.95. The first-order valence-corrected chi connectivity index (χ1v) is 7.26. The van der Waals surface area contributed by atoms with E-state index < -0.39 is 0 Å². The van der Waals surface area contributed by atoms with Gasteiger partial charge in [-0.3, -0.25) is 0 Å². The number of hydrogen-bond acceptors (Lipinski definition) is 5. The molecule has 0 aliphatic carbocycles. The van der Waals surface area contributed by atoms with Crippen LogP contribution in [0.15, 0.2) is 17.2 Å². The summed E-state index contributed by atoms with van der Waals surface area (Å²) in [4.78, 5) is 5.91. The Balaban J connectivity index is 2.20. The normalized spacial score (nSPS) is 17.6. The molecule has 0 spiro atoms. The van der Waals surface area contributed by atoms with E-state index in [2.05, 4.69) is 18.1 Å². The van der Waals surface area contributed by atoms with E-state index in [0.29, 0.717) is 5.56 Å². The van der Waals surface area contributed by atoms with Crippen LogP contribution in [0.25, 0.3) is 0 Å². The molecule has 1 heterocycles. The zero-order valence-corrected chi connectivity index (χ0v) is 12.2. The van der Waals surface area contributed by atoms with Crippen LogP contribution in [0.1, 0.15) is 36.5 Å². The zero-order chi connectivity index (χ0) is 13.8. The summed E-state index contributed by atoms with van der Waals surface area (Å²) in [5, 5.41) is 15.1. The molecule has 0 amide bonds. The van der Waals surface area contributed by atoms with Gasteiger partial charge in [-0.2, -0.15) is 5.26 Å². The lowest BCUT2D eigenvalue weighted by Gasteiger charge is -2.23. The number of benzene rings is 1. The Hall–Kier alpha value is -1.67. The molecule has 0 saturated heterocycles. The molecule has 1 atom stereocenters. The van der Waals surface area contributed by atoms with Gasteiger partial charge < -0.3 is 4.84 Å². The highest BCUT2D eigenvalue weighted by molar-refractivity contribution is 8.12. The Labute approximate surface area is 118 Å². The van der Waals surface area contributed by atoms with Crippen LogP contribution in [0.4, 0.5) is 0 Å². The smallest absolute Gasteiger partial charge is 0.163 e. The van der Waals surface area contributed by atoms with Gasteiger partial charge in [0.2, 0.25) is 0 Å². The Kier molecular flexibility index (Phi) is 4.33. The third-order valence-corrected chi connectivity index (χ3v) is 3.88. The van der Waals surface area contributed by atoms with E-state index in [-0.39, 0.29) is 5.37 Å². The van der Waals surface area contributed by atoms with E-state index in [1.807, 2.05) is 31.5 Å². The Morgan fingerprint density at radius 3 is 2.68 bits per heavy atom. The van der Waals surface area contributed by atoms with Gasteiger partial charge in [0.1, 0.15) is 5.37 Å². The molecule has 2 rings (SSSR count). The van der Waals surface area contributed by atoms with E-state index in [1.165, 1.54) is 0 Å². The first-order valence-electron chi connectivity index (χ1n) is 6.32. The zero-order valence-electron chi connectivity index (χ0n) is 11.4. The molecule has 0 radical (unpaired) electrons. The maximum Gasteiger partial charge on any atom is 0.163 e. The fourth-order valence-electron chi connectivity index (χ4n) is 2.03. The van der Waals surface area contributed by atoms with Gasteiger partial charge in [-0.1, -0.05) is 25.1 Å². The lowest BCUT2D eigenvalue weighted by molar-refractivity contribution is -0.0669. The van der Waals surface area contributed by atoms with E-state index in [0.717, 1.165) is 29.7 Å².